The first-order valence-corrected chi connectivity index (χ1v) is 6.07. The molecule has 0 aromatic carbocycles. The number of primary amides is 1. The zero-order chi connectivity index (χ0) is 13.2. The Morgan fingerprint density at radius 2 is 1.94 bits per heavy atom. The molecule has 0 aliphatic carbocycles. The van der Waals surface area contributed by atoms with E-state index in [-0.39, 0.29) is 23.1 Å². The highest BCUT2D eigenvalue weighted by molar-refractivity contribution is 5.84. The molecule has 0 bridgehead atoms. The zero-order valence-corrected chi connectivity index (χ0v) is 10.9. The van der Waals surface area contributed by atoms with Crippen molar-refractivity contribution in [3.8, 4) is 0 Å². The molecule has 4 N–H and O–H groups in total. The molecule has 2 amide bonds. The van der Waals surface area contributed by atoms with E-state index >= 15 is 0 Å². The van der Waals surface area contributed by atoms with Gasteiger partial charge in [0.1, 0.15) is 0 Å². The molecule has 0 spiro atoms. The molecule has 0 aromatic rings. The van der Waals surface area contributed by atoms with E-state index in [2.05, 4.69) is 0 Å². The number of rotatable bonds is 2. The molecule has 1 aliphatic rings. The first-order valence-electron chi connectivity index (χ1n) is 6.07. The van der Waals surface area contributed by atoms with Crippen LogP contribution in [-0.4, -0.2) is 35.8 Å². The van der Waals surface area contributed by atoms with E-state index in [0.717, 1.165) is 12.8 Å². The summed E-state index contributed by atoms with van der Waals surface area (Å²) in [6, 6.07) is -0.533. The molecule has 1 unspecified atom stereocenters. The van der Waals surface area contributed by atoms with Crippen LogP contribution in [0.5, 0.6) is 0 Å². The third-order valence-corrected chi connectivity index (χ3v) is 3.33. The summed E-state index contributed by atoms with van der Waals surface area (Å²) in [7, 11) is 0. The molecule has 98 valence electrons. The number of carbonyl (C=O) groups is 2. The Bertz CT molecular complexity index is 309. The van der Waals surface area contributed by atoms with Gasteiger partial charge < -0.3 is 16.4 Å². The van der Waals surface area contributed by atoms with Gasteiger partial charge in [-0.3, -0.25) is 9.59 Å². The van der Waals surface area contributed by atoms with Gasteiger partial charge in [0.25, 0.3) is 0 Å². The van der Waals surface area contributed by atoms with E-state index in [4.69, 9.17) is 11.5 Å². The number of amides is 2. The fourth-order valence-electron chi connectivity index (χ4n) is 1.98. The molecule has 1 aliphatic heterocycles. The highest BCUT2D eigenvalue weighted by Crippen LogP contribution is 2.22. The van der Waals surface area contributed by atoms with Crippen molar-refractivity contribution >= 4 is 11.8 Å². The molecule has 1 fully saturated rings. The summed E-state index contributed by atoms with van der Waals surface area (Å²) >= 11 is 0. The van der Waals surface area contributed by atoms with Crippen molar-refractivity contribution in [2.45, 2.75) is 39.7 Å². The summed E-state index contributed by atoms with van der Waals surface area (Å²) in [5.41, 5.74) is 11.0. The van der Waals surface area contributed by atoms with E-state index in [1.54, 1.807) is 4.90 Å². The minimum Gasteiger partial charge on any atom is -0.369 e. The molecule has 0 radical (unpaired) electrons. The van der Waals surface area contributed by atoms with Gasteiger partial charge in [-0.25, -0.2) is 0 Å². The first-order chi connectivity index (χ1) is 7.73. The number of hydrogen-bond acceptors (Lipinski definition) is 3. The van der Waals surface area contributed by atoms with Crippen LogP contribution in [0.15, 0.2) is 0 Å². The van der Waals surface area contributed by atoms with E-state index in [1.165, 1.54) is 0 Å². The number of likely N-dealkylation sites (tertiary alicyclic amines) is 1. The largest absolute Gasteiger partial charge is 0.369 e. The summed E-state index contributed by atoms with van der Waals surface area (Å²) in [5.74, 6) is -0.629. The molecule has 17 heavy (non-hydrogen) atoms. The number of hydrogen-bond donors (Lipinski definition) is 2. The number of carbonyl (C=O) groups excluding carboxylic acids is 2. The maximum absolute atomic E-state index is 12.2. The number of piperidine rings is 1. The summed E-state index contributed by atoms with van der Waals surface area (Å²) in [6.45, 7) is 6.89. The lowest BCUT2D eigenvalue weighted by Gasteiger charge is -2.36. The van der Waals surface area contributed by atoms with Crippen LogP contribution in [-0.2, 0) is 9.59 Å². The Labute approximate surface area is 103 Å². The maximum atomic E-state index is 12.2. The van der Waals surface area contributed by atoms with Crippen LogP contribution < -0.4 is 11.5 Å². The van der Waals surface area contributed by atoms with Gasteiger partial charge in [0.2, 0.25) is 11.8 Å². The van der Waals surface area contributed by atoms with Crippen LogP contribution in [0.2, 0.25) is 0 Å². The van der Waals surface area contributed by atoms with Gasteiger partial charge in [0.15, 0.2) is 0 Å². The lowest BCUT2D eigenvalue weighted by molar-refractivity contribution is -0.138. The van der Waals surface area contributed by atoms with Gasteiger partial charge in [0.05, 0.1) is 12.0 Å². The Hall–Kier alpha value is -1.10. The minimum absolute atomic E-state index is 0.0801. The fourth-order valence-corrected chi connectivity index (χ4v) is 1.98. The van der Waals surface area contributed by atoms with Gasteiger partial charge >= 0.3 is 0 Å². The minimum atomic E-state index is -0.533. The summed E-state index contributed by atoms with van der Waals surface area (Å²) in [6.07, 6.45) is 1.58. The molecular weight excluding hydrogens is 218 g/mol. The van der Waals surface area contributed by atoms with Crippen molar-refractivity contribution in [3.63, 3.8) is 0 Å². The van der Waals surface area contributed by atoms with Crippen LogP contribution in [0.1, 0.15) is 33.6 Å². The number of nitrogens with two attached hydrogens (primary N) is 2. The normalized spacial score (nSPS) is 23.3. The van der Waals surface area contributed by atoms with Crippen LogP contribution in [0, 0.1) is 11.3 Å². The highest BCUT2D eigenvalue weighted by Gasteiger charge is 2.34. The molecule has 1 saturated heterocycles. The molecule has 2 atom stereocenters. The second-order valence-corrected chi connectivity index (χ2v) is 5.87. The molecular formula is C12H23N3O2. The molecule has 0 aromatic heterocycles. The average Bonchev–Trinajstić information content (AvgIpc) is 2.26. The summed E-state index contributed by atoms with van der Waals surface area (Å²) in [4.78, 5) is 25.0. The lowest BCUT2D eigenvalue weighted by atomic mass is 9.85. The first kappa shape index (κ1) is 14.0. The van der Waals surface area contributed by atoms with E-state index < -0.39 is 6.04 Å². The quantitative estimate of drug-likeness (QED) is 0.717. The Balaban J connectivity index is 2.67. The summed E-state index contributed by atoms with van der Waals surface area (Å²) in [5, 5.41) is 0. The maximum Gasteiger partial charge on any atom is 0.240 e. The topological polar surface area (TPSA) is 89.4 Å². The van der Waals surface area contributed by atoms with Crippen molar-refractivity contribution in [3.05, 3.63) is 0 Å². The average molecular weight is 241 g/mol. The van der Waals surface area contributed by atoms with Gasteiger partial charge in [-0.05, 0) is 18.3 Å². The third kappa shape index (κ3) is 3.43. The zero-order valence-electron chi connectivity index (χ0n) is 10.9. The monoisotopic (exact) mass is 241 g/mol. The predicted octanol–water partition coefficient (Wildman–Crippen LogP) is 0.0837. The van der Waals surface area contributed by atoms with Crippen LogP contribution in [0.3, 0.4) is 0 Å². The van der Waals surface area contributed by atoms with Gasteiger partial charge in [-0.2, -0.15) is 0 Å². The molecule has 1 rings (SSSR count). The standard InChI is InChI=1S/C12H23N3O2/c1-12(2,3)9(13)11(17)15-6-4-5-8(7-15)10(14)16/h8-9H,4-7,13H2,1-3H3,(H2,14,16)/t8?,9-/m1/s1. The van der Waals surface area contributed by atoms with Gasteiger partial charge in [-0.15, -0.1) is 0 Å². The van der Waals surface area contributed by atoms with Crippen molar-refractivity contribution in [1.82, 2.24) is 4.90 Å². The molecule has 0 saturated carbocycles. The van der Waals surface area contributed by atoms with E-state index in [0.29, 0.717) is 13.1 Å². The highest BCUT2D eigenvalue weighted by atomic mass is 16.2. The van der Waals surface area contributed by atoms with Gasteiger partial charge in [0, 0.05) is 13.1 Å². The van der Waals surface area contributed by atoms with Crippen molar-refractivity contribution in [2.24, 2.45) is 22.8 Å². The second-order valence-electron chi connectivity index (χ2n) is 5.87. The molecule has 5 nitrogen and oxygen atoms in total. The van der Waals surface area contributed by atoms with Crippen molar-refractivity contribution in [1.29, 1.82) is 0 Å². The lowest BCUT2D eigenvalue weighted by Crippen LogP contribution is -2.54. The van der Waals surface area contributed by atoms with Crippen LogP contribution in [0.4, 0.5) is 0 Å². The van der Waals surface area contributed by atoms with Crippen LogP contribution >= 0.6 is 0 Å². The molecule has 1 heterocycles. The fraction of sp³-hybridized carbons (Fsp3) is 0.833. The Kier molecular flexibility index (Phi) is 4.14. The summed E-state index contributed by atoms with van der Waals surface area (Å²) < 4.78 is 0. The van der Waals surface area contributed by atoms with Gasteiger partial charge in [-0.1, -0.05) is 20.8 Å². The third-order valence-electron chi connectivity index (χ3n) is 3.33. The van der Waals surface area contributed by atoms with Crippen molar-refractivity contribution < 1.29 is 9.59 Å². The van der Waals surface area contributed by atoms with Crippen molar-refractivity contribution in [2.75, 3.05) is 13.1 Å². The molecule has 5 heteroatoms. The SMILES string of the molecule is CC(C)(C)[C@H](N)C(=O)N1CCCC(C(N)=O)C1. The van der Waals surface area contributed by atoms with E-state index in [1.807, 2.05) is 20.8 Å². The smallest absolute Gasteiger partial charge is 0.240 e. The van der Waals surface area contributed by atoms with E-state index in [9.17, 15) is 9.59 Å². The second kappa shape index (κ2) is 5.04. The number of nitrogens with zero attached hydrogens (tertiary/aromatic N) is 1. The Morgan fingerprint density at radius 3 is 2.41 bits per heavy atom. The predicted molar refractivity (Wildman–Crippen MR) is 65.9 cm³/mol. The Morgan fingerprint density at radius 1 is 1.35 bits per heavy atom. The van der Waals surface area contributed by atoms with Crippen LogP contribution in [0.25, 0.3) is 0 Å².